The molecule has 5 nitrogen and oxygen atoms in total. The third-order valence-corrected chi connectivity index (χ3v) is 1.80. The number of carbonyl (C=O) groups excluding carboxylic acids is 1. The average Bonchev–Trinajstić information content (AvgIpc) is 2.27. The van der Waals surface area contributed by atoms with Gasteiger partial charge in [0.25, 0.3) is 6.43 Å². The Morgan fingerprint density at radius 1 is 1.69 bits per heavy atom. The number of nitriles is 1. The molecule has 0 saturated carbocycles. The zero-order valence-electron chi connectivity index (χ0n) is 8.20. The molecule has 16 heavy (non-hydrogen) atoms. The Kier molecular flexibility index (Phi) is 3.35. The van der Waals surface area contributed by atoms with Crippen LogP contribution in [0.25, 0.3) is 0 Å². The number of methoxy groups -OCH3 is 1. The summed E-state index contributed by atoms with van der Waals surface area (Å²) >= 11 is 0. The summed E-state index contributed by atoms with van der Waals surface area (Å²) < 4.78 is 29.2. The second kappa shape index (κ2) is 4.53. The van der Waals surface area contributed by atoms with Gasteiger partial charge < -0.3 is 10.5 Å². The van der Waals surface area contributed by atoms with Crippen molar-refractivity contribution < 1.29 is 18.3 Å². The van der Waals surface area contributed by atoms with Gasteiger partial charge in [0.1, 0.15) is 6.07 Å². The molecule has 1 rings (SSSR count). The lowest BCUT2D eigenvalue weighted by molar-refractivity contribution is 0.0594. The summed E-state index contributed by atoms with van der Waals surface area (Å²) in [5.74, 6) is -0.880. The van der Waals surface area contributed by atoms with Gasteiger partial charge in [0.05, 0.1) is 18.4 Å². The molecule has 0 fully saturated rings. The van der Waals surface area contributed by atoms with Crippen LogP contribution in [0, 0.1) is 11.3 Å². The number of nitrogen functional groups attached to an aromatic ring is 1. The number of aromatic nitrogens is 1. The lowest BCUT2D eigenvalue weighted by atomic mass is 10.1. The highest BCUT2D eigenvalue weighted by Gasteiger charge is 2.20. The molecule has 0 radical (unpaired) electrons. The number of nitrogens with zero attached hydrogens (tertiary/aromatic N) is 2. The predicted molar refractivity (Wildman–Crippen MR) is 49.7 cm³/mol. The molecule has 0 aliphatic rings. The molecular weight excluding hydrogens is 220 g/mol. The lowest BCUT2D eigenvalue weighted by Crippen LogP contribution is -2.11. The van der Waals surface area contributed by atoms with E-state index in [1.807, 2.05) is 0 Å². The van der Waals surface area contributed by atoms with Gasteiger partial charge in [-0.2, -0.15) is 5.26 Å². The van der Waals surface area contributed by atoms with Crippen molar-refractivity contribution in [2.24, 2.45) is 0 Å². The Morgan fingerprint density at radius 3 is 2.75 bits per heavy atom. The van der Waals surface area contributed by atoms with Gasteiger partial charge in [-0.05, 0) is 6.07 Å². The summed E-state index contributed by atoms with van der Waals surface area (Å²) in [6.07, 6.45) is -2.88. The van der Waals surface area contributed by atoms with Crippen LogP contribution in [0.4, 0.5) is 14.5 Å². The van der Waals surface area contributed by atoms with Gasteiger partial charge in [-0.3, -0.25) is 0 Å². The molecule has 0 spiro atoms. The normalized spacial score (nSPS) is 9.94. The fourth-order valence-electron chi connectivity index (χ4n) is 1.06. The number of anilines is 1. The van der Waals surface area contributed by atoms with E-state index in [9.17, 15) is 13.6 Å². The van der Waals surface area contributed by atoms with Gasteiger partial charge >= 0.3 is 5.97 Å². The maximum absolute atomic E-state index is 12.4. The fourth-order valence-corrected chi connectivity index (χ4v) is 1.06. The summed E-state index contributed by atoms with van der Waals surface area (Å²) in [4.78, 5) is 14.6. The van der Waals surface area contributed by atoms with Gasteiger partial charge in [-0.15, -0.1) is 0 Å². The van der Waals surface area contributed by atoms with Crippen LogP contribution in [0.1, 0.15) is 28.2 Å². The number of halogens is 2. The first-order valence-electron chi connectivity index (χ1n) is 4.08. The Morgan fingerprint density at radius 2 is 2.31 bits per heavy atom. The van der Waals surface area contributed by atoms with E-state index in [0.29, 0.717) is 0 Å². The molecule has 0 unspecified atom stereocenters. The van der Waals surface area contributed by atoms with Crippen molar-refractivity contribution in [2.75, 3.05) is 12.8 Å². The van der Waals surface area contributed by atoms with Gasteiger partial charge in [0, 0.05) is 0 Å². The number of nitrogens with two attached hydrogens (primary N) is 1. The van der Waals surface area contributed by atoms with E-state index in [-0.39, 0.29) is 11.4 Å². The van der Waals surface area contributed by atoms with Crippen molar-refractivity contribution >= 4 is 11.7 Å². The summed E-state index contributed by atoms with van der Waals surface area (Å²) in [5, 5.41) is 8.60. The number of hydrogen-bond donors (Lipinski definition) is 1. The van der Waals surface area contributed by atoms with Crippen LogP contribution < -0.4 is 5.73 Å². The van der Waals surface area contributed by atoms with E-state index in [1.54, 1.807) is 0 Å². The molecule has 2 N–H and O–H groups in total. The van der Waals surface area contributed by atoms with Gasteiger partial charge in [-0.1, -0.05) is 0 Å². The van der Waals surface area contributed by atoms with E-state index in [4.69, 9.17) is 11.0 Å². The van der Waals surface area contributed by atoms with Crippen molar-refractivity contribution in [3.05, 3.63) is 23.0 Å². The summed E-state index contributed by atoms with van der Waals surface area (Å²) in [6, 6.07) is 2.32. The molecule has 0 bridgehead atoms. The van der Waals surface area contributed by atoms with Crippen LogP contribution in [-0.4, -0.2) is 18.1 Å². The van der Waals surface area contributed by atoms with Crippen LogP contribution in [0.15, 0.2) is 6.07 Å². The maximum Gasteiger partial charge on any atom is 0.358 e. The summed E-state index contributed by atoms with van der Waals surface area (Å²) in [5.41, 5.74) is 3.62. The summed E-state index contributed by atoms with van der Waals surface area (Å²) in [6.45, 7) is 0. The zero-order chi connectivity index (χ0) is 12.3. The maximum atomic E-state index is 12.4. The minimum Gasteiger partial charge on any atom is -0.464 e. The van der Waals surface area contributed by atoms with Gasteiger partial charge in [0.2, 0.25) is 0 Å². The molecule has 0 amide bonds. The van der Waals surface area contributed by atoms with Crippen molar-refractivity contribution in [1.29, 1.82) is 5.26 Å². The van der Waals surface area contributed by atoms with E-state index in [1.165, 1.54) is 6.07 Å². The standard InChI is InChI=1S/C9H7F2N3O2/c1-16-9(15)7-5(13)2-4(8(10)11)6(3-12)14-7/h2,8H,13H2,1H3. The molecule has 1 aromatic heterocycles. The fraction of sp³-hybridized carbons (Fsp3) is 0.222. The highest BCUT2D eigenvalue weighted by atomic mass is 19.3. The largest absolute Gasteiger partial charge is 0.464 e. The van der Waals surface area contributed by atoms with Crippen molar-refractivity contribution in [3.63, 3.8) is 0 Å². The van der Waals surface area contributed by atoms with E-state index in [2.05, 4.69) is 9.72 Å². The van der Waals surface area contributed by atoms with Crippen LogP contribution in [0.5, 0.6) is 0 Å². The van der Waals surface area contributed by atoms with Crippen LogP contribution in [0.2, 0.25) is 0 Å². The second-order valence-electron chi connectivity index (χ2n) is 2.77. The third-order valence-electron chi connectivity index (χ3n) is 1.80. The molecule has 0 aliphatic heterocycles. The molecule has 84 valence electrons. The first kappa shape index (κ1) is 11.8. The number of pyridine rings is 1. The highest BCUT2D eigenvalue weighted by molar-refractivity contribution is 5.93. The Balaban J connectivity index is 3.38. The van der Waals surface area contributed by atoms with Crippen molar-refractivity contribution in [1.82, 2.24) is 4.98 Å². The minimum absolute atomic E-state index is 0.249. The highest BCUT2D eigenvalue weighted by Crippen LogP contribution is 2.25. The lowest BCUT2D eigenvalue weighted by Gasteiger charge is -2.07. The molecule has 0 atom stereocenters. The zero-order valence-corrected chi connectivity index (χ0v) is 8.20. The van der Waals surface area contributed by atoms with Crippen LogP contribution >= 0.6 is 0 Å². The number of ether oxygens (including phenoxy) is 1. The molecule has 0 saturated heterocycles. The Bertz CT molecular complexity index is 469. The van der Waals surface area contributed by atoms with E-state index < -0.39 is 23.7 Å². The predicted octanol–water partition coefficient (Wildman–Crippen LogP) is 1.26. The topological polar surface area (TPSA) is 89.0 Å². The molecule has 1 heterocycles. The van der Waals surface area contributed by atoms with Gasteiger partial charge in [0.15, 0.2) is 11.4 Å². The Labute approximate surface area is 89.4 Å². The number of esters is 1. The van der Waals surface area contributed by atoms with Crippen LogP contribution in [-0.2, 0) is 4.74 Å². The number of rotatable bonds is 2. The smallest absolute Gasteiger partial charge is 0.358 e. The number of alkyl halides is 2. The second-order valence-corrected chi connectivity index (χ2v) is 2.77. The number of carbonyl (C=O) groups is 1. The molecular formula is C9H7F2N3O2. The molecule has 0 aromatic carbocycles. The third kappa shape index (κ3) is 2.06. The molecule has 1 aromatic rings. The monoisotopic (exact) mass is 227 g/mol. The van der Waals surface area contributed by atoms with Crippen LogP contribution in [0.3, 0.4) is 0 Å². The van der Waals surface area contributed by atoms with Crippen molar-refractivity contribution in [3.8, 4) is 6.07 Å². The van der Waals surface area contributed by atoms with E-state index in [0.717, 1.165) is 13.2 Å². The van der Waals surface area contributed by atoms with Crippen molar-refractivity contribution in [2.45, 2.75) is 6.43 Å². The summed E-state index contributed by atoms with van der Waals surface area (Å²) in [7, 11) is 1.09. The Hall–Kier alpha value is -2.23. The molecule has 0 aliphatic carbocycles. The first-order valence-corrected chi connectivity index (χ1v) is 4.08. The average molecular weight is 227 g/mol. The minimum atomic E-state index is -2.88. The first-order chi connectivity index (χ1) is 7.51. The SMILES string of the molecule is COC(=O)c1nc(C#N)c(C(F)F)cc1N. The molecule has 7 heteroatoms. The van der Waals surface area contributed by atoms with Gasteiger partial charge in [-0.25, -0.2) is 18.6 Å². The quantitative estimate of drug-likeness (QED) is 0.768. The number of hydrogen-bond acceptors (Lipinski definition) is 5. The van der Waals surface area contributed by atoms with E-state index >= 15 is 0 Å².